The van der Waals surface area contributed by atoms with Gasteiger partial charge < -0.3 is 19.5 Å². The van der Waals surface area contributed by atoms with E-state index in [4.69, 9.17) is 9.72 Å². The molecule has 4 rings (SSSR count). The van der Waals surface area contributed by atoms with Crippen molar-refractivity contribution in [1.29, 1.82) is 0 Å². The molecule has 0 spiro atoms. The van der Waals surface area contributed by atoms with E-state index in [1.54, 1.807) is 7.11 Å². The second-order valence-corrected chi connectivity index (χ2v) is 8.01. The maximum Gasteiger partial charge on any atom is 0.318 e. The van der Waals surface area contributed by atoms with Crippen molar-refractivity contribution in [1.82, 2.24) is 19.8 Å². The van der Waals surface area contributed by atoms with Gasteiger partial charge in [-0.25, -0.2) is 9.78 Å². The molecule has 6 nitrogen and oxygen atoms in total. The van der Waals surface area contributed by atoms with Gasteiger partial charge in [-0.15, -0.1) is 0 Å². The molecule has 1 fully saturated rings. The molecule has 31 heavy (non-hydrogen) atoms. The molecule has 1 atom stereocenters. The average molecular weight is 419 g/mol. The quantitative estimate of drug-likeness (QED) is 0.621. The Morgan fingerprint density at radius 3 is 2.65 bits per heavy atom. The number of hydrogen-bond donors (Lipinski definition) is 1. The maximum absolute atomic E-state index is 12.9. The normalized spacial score (nSPS) is 15.8. The SMILES string of the molecule is COc1ccc(Cn2c(C)cnc2C2CCCN2C(=O)NCCc2ccccc2)cc1. The van der Waals surface area contributed by atoms with E-state index in [9.17, 15) is 4.79 Å². The van der Waals surface area contributed by atoms with Crippen LogP contribution >= 0.6 is 0 Å². The van der Waals surface area contributed by atoms with Crippen LogP contribution in [0.1, 0.15) is 41.5 Å². The van der Waals surface area contributed by atoms with Crippen LogP contribution in [-0.2, 0) is 13.0 Å². The lowest BCUT2D eigenvalue weighted by Gasteiger charge is -2.26. The van der Waals surface area contributed by atoms with Gasteiger partial charge in [-0.1, -0.05) is 42.5 Å². The monoisotopic (exact) mass is 418 g/mol. The van der Waals surface area contributed by atoms with Crippen LogP contribution < -0.4 is 10.1 Å². The lowest BCUT2D eigenvalue weighted by atomic mass is 10.1. The van der Waals surface area contributed by atoms with Crippen molar-refractivity contribution in [3.8, 4) is 5.75 Å². The molecule has 0 radical (unpaired) electrons. The Bertz CT molecular complexity index is 998. The number of hydrogen-bond acceptors (Lipinski definition) is 3. The van der Waals surface area contributed by atoms with Crippen molar-refractivity contribution >= 4 is 6.03 Å². The summed E-state index contributed by atoms with van der Waals surface area (Å²) >= 11 is 0. The maximum atomic E-state index is 12.9. The minimum Gasteiger partial charge on any atom is -0.497 e. The largest absolute Gasteiger partial charge is 0.497 e. The lowest BCUT2D eigenvalue weighted by molar-refractivity contribution is 0.190. The smallest absolute Gasteiger partial charge is 0.318 e. The van der Waals surface area contributed by atoms with E-state index in [2.05, 4.69) is 41.1 Å². The molecule has 6 heteroatoms. The van der Waals surface area contributed by atoms with E-state index in [0.29, 0.717) is 6.54 Å². The summed E-state index contributed by atoms with van der Waals surface area (Å²) in [6.45, 7) is 4.19. The van der Waals surface area contributed by atoms with Gasteiger partial charge in [0.15, 0.2) is 0 Å². The highest BCUT2D eigenvalue weighted by atomic mass is 16.5. The minimum absolute atomic E-state index is 0.00340. The number of likely N-dealkylation sites (tertiary alicyclic amines) is 1. The number of amides is 2. The third-order valence-electron chi connectivity index (χ3n) is 5.93. The molecule has 2 heterocycles. The molecule has 0 saturated carbocycles. The van der Waals surface area contributed by atoms with E-state index in [1.807, 2.05) is 41.4 Å². The fraction of sp³-hybridized carbons (Fsp3) is 0.360. The van der Waals surface area contributed by atoms with Gasteiger partial charge in [0.2, 0.25) is 0 Å². The number of methoxy groups -OCH3 is 1. The highest BCUT2D eigenvalue weighted by Crippen LogP contribution is 2.32. The zero-order valence-corrected chi connectivity index (χ0v) is 18.3. The van der Waals surface area contributed by atoms with E-state index < -0.39 is 0 Å². The molecule has 1 unspecified atom stereocenters. The minimum atomic E-state index is -0.00455. The number of aromatic nitrogens is 2. The number of nitrogens with one attached hydrogen (secondary N) is 1. The molecule has 1 aliphatic heterocycles. The van der Waals surface area contributed by atoms with Gasteiger partial charge in [-0.05, 0) is 49.4 Å². The molecular formula is C25H30N4O2. The fourth-order valence-electron chi connectivity index (χ4n) is 4.20. The molecule has 1 N–H and O–H groups in total. The van der Waals surface area contributed by atoms with E-state index in [1.165, 1.54) is 11.1 Å². The molecule has 2 aromatic carbocycles. The first-order valence-electron chi connectivity index (χ1n) is 10.9. The van der Waals surface area contributed by atoms with Gasteiger partial charge >= 0.3 is 6.03 Å². The highest BCUT2D eigenvalue weighted by molar-refractivity contribution is 5.75. The van der Waals surface area contributed by atoms with E-state index >= 15 is 0 Å². The van der Waals surface area contributed by atoms with Gasteiger partial charge in [0.05, 0.1) is 13.2 Å². The van der Waals surface area contributed by atoms with Crippen molar-refractivity contribution in [2.75, 3.05) is 20.2 Å². The summed E-state index contributed by atoms with van der Waals surface area (Å²) in [6.07, 6.45) is 4.66. The van der Waals surface area contributed by atoms with Crippen molar-refractivity contribution in [3.05, 3.63) is 83.4 Å². The number of ether oxygens (including phenoxy) is 1. The number of urea groups is 1. The summed E-state index contributed by atoms with van der Waals surface area (Å²) in [6, 6.07) is 18.3. The summed E-state index contributed by atoms with van der Waals surface area (Å²) in [4.78, 5) is 19.6. The van der Waals surface area contributed by atoms with Crippen LogP contribution in [0.3, 0.4) is 0 Å². The topological polar surface area (TPSA) is 59.4 Å². The number of carbonyl (C=O) groups excluding carboxylic acids is 1. The van der Waals surface area contributed by atoms with Crippen molar-refractivity contribution in [3.63, 3.8) is 0 Å². The third kappa shape index (κ3) is 4.90. The van der Waals surface area contributed by atoms with Gasteiger partial charge in [0.1, 0.15) is 11.6 Å². The van der Waals surface area contributed by atoms with E-state index in [0.717, 1.165) is 49.6 Å². The lowest BCUT2D eigenvalue weighted by Crippen LogP contribution is -2.41. The van der Waals surface area contributed by atoms with Gasteiger partial charge in [0.25, 0.3) is 0 Å². The summed E-state index contributed by atoms with van der Waals surface area (Å²) in [7, 11) is 1.67. The fourth-order valence-corrected chi connectivity index (χ4v) is 4.20. The average Bonchev–Trinajstić information content (AvgIpc) is 3.42. The zero-order valence-electron chi connectivity index (χ0n) is 18.3. The van der Waals surface area contributed by atoms with Gasteiger partial charge in [0, 0.05) is 31.5 Å². The molecule has 1 aliphatic rings. The summed E-state index contributed by atoms with van der Waals surface area (Å²) in [5.41, 5.74) is 3.51. The van der Waals surface area contributed by atoms with Crippen LogP contribution in [0.25, 0.3) is 0 Å². The predicted octanol–water partition coefficient (Wildman–Crippen LogP) is 4.34. The first kappa shape index (κ1) is 21.0. The molecule has 2 amide bonds. The van der Waals surface area contributed by atoms with Crippen LogP contribution in [0.2, 0.25) is 0 Å². The van der Waals surface area contributed by atoms with Crippen LogP contribution in [-0.4, -0.2) is 40.7 Å². The molecule has 162 valence electrons. The zero-order chi connectivity index (χ0) is 21.6. The van der Waals surface area contributed by atoms with Crippen molar-refractivity contribution in [2.24, 2.45) is 0 Å². The molecule has 3 aromatic rings. The molecule has 0 bridgehead atoms. The summed E-state index contributed by atoms with van der Waals surface area (Å²) < 4.78 is 7.49. The Morgan fingerprint density at radius 2 is 1.90 bits per heavy atom. The molecular weight excluding hydrogens is 388 g/mol. The summed E-state index contributed by atoms with van der Waals surface area (Å²) in [5, 5.41) is 3.10. The van der Waals surface area contributed by atoms with Crippen molar-refractivity contribution in [2.45, 2.75) is 38.8 Å². The van der Waals surface area contributed by atoms with Crippen LogP contribution in [0, 0.1) is 6.92 Å². The molecule has 1 aromatic heterocycles. The number of aryl methyl sites for hydroxylation is 1. The Kier molecular flexibility index (Phi) is 6.55. The van der Waals surface area contributed by atoms with Crippen LogP contribution in [0.4, 0.5) is 4.79 Å². The van der Waals surface area contributed by atoms with E-state index in [-0.39, 0.29) is 12.1 Å². The summed E-state index contributed by atoms with van der Waals surface area (Å²) in [5.74, 6) is 1.81. The van der Waals surface area contributed by atoms with Crippen LogP contribution in [0.15, 0.2) is 60.8 Å². The Morgan fingerprint density at radius 1 is 1.13 bits per heavy atom. The van der Waals surface area contributed by atoms with Crippen LogP contribution in [0.5, 0.6) is 5.75 Å². The number of carbonyl (C=O) groups is 1. The Labute approximate surface area is 183 Å². The first-order valence-corrected chi connectivity index (χ1v) is 10.9. The highest BCUT2D eigenvalue weighted by Gasteiger charge is 2.33. The number of rotatable bonds is 7. The van der Waals surface area contributed by atoms with Gasteiger partial charge in [-0.2, -0.15) is 0 Å². The number of benzene rings is 2. The standard InChI is InChI=1S/C25H30N4O2/c1-19-17-27-24(29(19)18-21-10-12-22(31-2)13-11-21)23-9-6-16-28(23)25(30)26-15-14-20-7-4-3-5-8-20/h3-5,7-8,10-13,17,23H,6,9,14-16,18H2,1-2H3,(H,26,30). The third-order valence-corrected chi connectivity index (χ3v) is 5.93. The second-order valence-electron chi connectivity index (χ2n) is 8.01. The Hall–Kier alpha value is -3.28. The predicted molar refractivity (Wildman–Crippen MR) is 121 cm³/mol. The Balaban J connectivity index is 1.43. The molecule has 0 aliphatic carbocycles. The second kappa shape index (κ2) is 9.69. The number of imidazole rings is 1. The number of nitrogens with zero attached hydrogens (tertiary/aromatic N) is 3. The molecule has 1 saturated heterocycles. The van der Waals surface area contributed by atoms with Gasteiger partial charge in [-0.3, -0.25) is 0 Å². The van der Waals surface area contributed by atoms with Crippen molar-refractivity contribution < 1.29 is 9.53 Å². The first-order chi connectivity index (χ1) is 15.2.